The molecule has 0 saturated heterocycles. The first kappa shape index (κ1) is 16.2. The van der Waals surface area contributed by atoms with Crippen molar-refractivity contribution in [1.29, 1.82) is 0 Å². The highest BCUT2D eigenvalue weighted by molar-refractivity contribution is 5.98. The Morgan fingerprint density at radius 2 is 1.58 bits per heavy atom. The Bertz CT molecular complexity index is 403. The molecule has 0 fully saturated rings. The predicted molar refractivity (Wildman–Crippen MR) is 63.2 cm³/mol. The smallest absolute Gasteiger partial charge is 0.367 e. The minimum atomic E-state index is -4.44. The van der Waals surface area contributed by atoms with Crippen molar-refractivity contribution in [2.45, 2.75) is 26.0 Å². The van der Waals surface area contributed by atoms with Crippen LogP contribution in [0.3, 0.4) is 0 Å². The molecule has 1 aromatic rings. The Balaban J connectivity index is 3.22. The maximum absolute atomic E-state index is 12.7. The lowest BCUT2D eigenvalue weighted by molar-refractivity contribution is -0.352. The summed E-state index contributed by atoms with van der Waals surface area (Å²) < 4.78 is 53.7. The zero-order valence-electron chi connectivity index (χ0n) is 10.6. The predicted octanol–water partition coefficient (Wildman–Crippen LogP) is 2.99. The van der Waals surface area contributed by atoms with E-state index in [-0.39, 0.29) is 18.8 Å². The largest absolute Gasteiger partial charge is 0.416 e. The molecule has 0 heterocycles. The van der Waals surface area contributed by atoms with Crippen LogP contribution in [0.1, 0.15) is 25.0 Å². The van der Waals surface area contributed by atoms with Crippen molar-refractivity contribution in [2.75, 3.05) is 13.2 Å². The summed E-state index contributed by atoms with van der Waals surface area (Å²) in [4.78, 5) is 0. The second kappa shape index (κ2) is 6.51. The van der Waals surface area contributed by atoms with Crippen LogP contribution in [0.15, 0.2) is 24.3 Å². The summed E-state index contributed by atoms with van der Waals surface area (Å²) in [6, 6.07) is 4.63. The number of rotatable bonds is 6. The van der Waals surface area contributed by atoms with Crippen LogP contribution in [-0.4, -0.2) is 23.7 Å². The van der Waals surface area contributed by atoms with Crippen molar-refractivity contribution in [3.63, 3.8) is 0 Å². The normalized spacial score (nSPS) is 12.7. The first-order chi connectivity index (χ1) is 8.89. The maximum Gasteiger partial charge on any atom is 0.416 e. The molecule has 105 valence electrons. The molecule has 0 amide bonds. The highest BCUT2D eigenvalue weighted by atomic mass is 28.2. The fraction of sp³-hybridized carbons (Fsp3) is 0.500. The van der Waals surface area contributed by atoms with E-state index in [1.807, 2.05) is 0 Å². The Morgan fingerprint density at radius 1 is 1.05 bits per heavy atom. The fourth-order valence-electron chi connectivity index (χ4n) is 1.59. The van der Waals surface area contributed by atoms with Crippen LogP contribution in [0, 0.1) is 0 Å². The monoisotopic (exact) mass is 291 g/mol. The molecule has 7 heteroatoms. The maximum atomic E-state index is 12.7. The van der Waals surface area contributed by atoms with Crippen LogP contribution in [0.5, 0.6) is 0 Å². The van der Waals surface area contributed by atoms with E-state index in [4.69, 9.17) is 13.9 Å². The molecule has 0 bridgehead atoms. The van der Waals surface area contributed by atoms with Gasteiger partial charge in [0.2, 0.25) is 0 Å². The van der Waals surface area contributed by atoms with Crippen molar-refractivity contribution < 1.29 is 27.1 Å². The SMILES string of the molecule is CCOC(O[Si])(OCC)c1cccc(C(F)(F)F)c1. The van der Waals surface area contributed by atoms with Gasteiger partial charge in [-0.1, -0.05) is 12.1 Å². The van der Waals surface area contributed by atoms with E-state index in [1.165, 1.54) is 12.1 Å². The molecular weight excluding hydrogens is 277 g/mol. The van der Waals surface area contributed by atoms with Gasteiger partial charge in [-0.25, -0.2) is 0 Å². The summed E-state index contributed by atoms with van der Waals surface area (Å²) in [5.41, 5.74) is -0.668. The molecule has 0 aliphatic heterocycles. The van der Waals surface area contributed by atoms with Gasteiger partial charge in [-0.3, -0.25) is 0 Å². The lowest BCUT2D eigenvalue weighted by Crippen LogP contribution is -2.36. The highest BCUT2D eigenvalue weighted by Gasteiger charge is 2.37. The lowest BCUT2D eigenvalue weighted by Gasteiger charge is -2.32. The quantitative estimate of drug-likeness (QED) is 0.596. The molecular formula is C12H14F3O3Si. The van der Waals surface area contributed by atoms with Gasteiger partial charge in [0.15, 0.2) is 0 Å². The van der Waals surface area contributed by atoms with E-state index in [2.05, 4.69) is 10.5 Å². The average Bonchev–Trinajstić information content (AvgIpc) is 2.37. The summed E-state index contributed by atoms with van der Waals surface area (Å²) >= 11 is 0. The topological polar surface area (TPSA) is 27.7 Å². The van der Waals surface area contributed by atoms with Crippen molar-refractivity contribution in [2.24, 2.45) is 0 Å². The molecule has 0 aliphatic rings. The molecule has 0 aromatic heterocycles. The van der Waals surface area contributed by atoms with E-state index >= 15 is 0 Å². The van der Waals surface area contributed by atoms with Crippen LogP contribution in [-0.2, 0) is 26.0 Å². The number of hydrogen-bond donors (Lipinski definition) is 0. The van der Waals surface area contributed by atoms with Crippen LogP contribution < -0.4 is 0 Å². The third kappa shape index (κ3) is 3.79. The zero-order valence-corrected chi connectivity index (χ0v) is 11.6. The summed E-state index contributed by atoms with van der Waals surface area (Å²) in [6.07, 6.45) is -4.44. The Morgan fingerprint density at radius 3 is 2.00 bits per heavy atom. The van der Waals surface area contributed by atoms with E-state index < -0.39 is 17.7 Å². The molecule has 0 N–H and O–H groups in total. The van der Waals surface area contributed by atoms with Crippen LogP contribution >= 0.6 is 0 Å². The molecule has 0 atom stereocenters. The molecule has 1 aromatic carbocycles. The minimum Gasteiger partial charge on any atom is -0.367 e. The average molecular weight is 291 g/mol. The van der Waals surface area contributed by atoms with E-state index in [0.717, 1.165) is 12.1 Å². The lowest BCUT2D eigenvalue weighted by atomic mass is 10.1. The van der Waals surface area contributed by atoms with Gasteiger partial charge in [-0.2, -0.15) is 13.2 Å². The molecule has 0 saturated carbocycles. The van der Waals surface area contributed by atoms with Gasteiger partial charge < -0.3 is 13.9 Å². The van der Waals surface area contributed by atoms with Gasteiger partial charge in [0, 0.05) is 18.8 Å². The molecule has 1 rings (SSSR count). The van der Waals surface area contributed by atoms with Crippen molar-refractivity contribution in [3.8, 4) is 0 Å². The molecule has 0 unspecified atom stereocenters. The van der Waals surface area contributed by atoms with E-state index in [1.54, 1.807) is 13.8 Å². The Kier molecular flexibility index (Phi) is 5.54. The molecule has 3 radical (unpaired) electrons. The number of ether oxygens (including phenoxy) is 2. The van der Waals surface area contributed by atoms with Crippen LogP contribution in [0.4, 0.5) is 13.2 Å². The van der Waals surface area contributed by atoms with Gasteiger partial charge in [-0.05, 0) is 26.0 Å². The number of benzene rings is 1. The van der Waals surface area contributed by atoms with Crippen molar-refractivity contribution in [3.05, 3.63) is 35.4 Å². The third-order valence-corrected chi connectivity index (χ3v) is 2.62. The number of hydrogen-bond acceptors (Lipinski definition) is 3. The summed E-state index contributed by atoms with van der Waals surface area (Å²) in [5, 5.41) is 0. The first-order valence-electron chi connectivity index (χ1n) is 5.70. The van der Waals surface area contributed by atoms with Crippen LogP contribution in [0.2, 0.25) is 0 Å². The zero-order chi connectivity index (χ0) is 14.5. The van der Waals surface area contributed by atoms with Gasteiger partial charge in [0.1, 0.15) is 0 Å². The Labute approximate surface area is 113 Å². The second-order valence-corrected chi connectivity index (χ2v) is 3.81. The van der Waals surface area contributed by atoms with Crippen LogP contribution in [0.25, 0.3) is 0 Å². The summed E-state index contributed by atoms with van der Waals surface area (Å²) in [7, 11) is 2.81. The third-order valence-electron chi connectivity index (χ3n) is 2.35. The molecule has 3 nitrogen and oxygen atoms in total. The van der Waals surface area contributed by atoms with Gasteiger partial charge in [-0.15, -0.1) is 0 Å². The number of halogens is 3. The molecule has 0 spiro atoms. The molecule has 0 aliphatic carbocycles. The van der Waals surface area contributed by atoms with E-state index in [9.17, 15) is 13.2 Å². The molecule has 19 heavy (non-hydrogen) atoms. The van der Waals surface area contributed by atoms with Gasteiger partial charge in [0.05, 0.1) is 5.56 Å². The number of alkyl halides is 3. The van der Waals surface area contributed by atoms with Crippen molar-refractivity contribution in [1.82, 2.24) is 0 Å². The van der Waals surface area contributed by atoms with Gasteiger partial charge in [0.25, 0.3) is 10.5 Å². The fourth-order valence-corrected chi connectivity index (χ4v) is 1.83. The standard InChI is InChI=1S/C12H14F3O3Si/c1-3-16-12(18-19,17-4-2)10-7-5-6-9(8-10)11(13,14)15/h5-8H,3-4H2,1-2H3. The summed E-state index contributed by atoms with van der Waals surface area (Å²) in [5.74, 6) is -1.69. The van der Waals surface area contributed by atoms with Crippen molar-refractivity contribution >= 4 is 10.5 Å². The van der Waals surface area contributed by atoms with Gasteiger partial charge >= 0.3 is 12.1 Å². The minimum absolute atomic E-state index is 0.126. The summed E-state index contributed by atoms with van der Waals surface area (Å²) in [6.45, 7) is 3.79. The second-order valence-electron chi connectivity index (χ2n) is 3.60. The Hall–Kier alpha value is -0.893. The highest BCUT2D eigenvalue weighted by Crippen LogP contribution is 2.34. The first-order valence-corrected chi connectivity index (χ1v) is 6.10. The van der Waals surface area contributed by atoms with E-state index in [0.29, 0.717) is 0 Å².